The van der Waals surface area contributed by atoms with Crippen LogP contribution in [0.1, 0.15) is 33.6 Å². The van der Waals surface area contributed by atoms with E-state index in [0.717, 1.165) is 13.2 Å². The maximum absolute atomic E-state index is 5.51. The van der Waals surface area contributed by atoms with Gasteiger partial charge < -0.3 is 10.1 Å². The smallest absolute Gasteiger partial charge is 0.0572 e. The molecule has 12 heavy (non-hydrogen) atoms. The van der Waals surface area contributed by atoms with Crippen molar-refractivity contribution in [1.82, 2.24) is 5.32 Å². The second-order valence-electron chi connectivity index (χ2n) is 3.38. The molecular weight excluding hydrogens is 150 g/mol. The fourth-order valence-corrected chi connectivity index (χ4v) is 1.26. The van der Waals surface area contributed by atoms with Crippen molar-refractivity contribution < 1.29 is 4.74 Å². The first-order valence-electron chi connectivity index (χ1n) is 4.98. The molecule has 0 aromatic heterocycles. The molecule has 1 N–H and O–H groups in total. The third-order valence-corrected chi connectivity index (χ3v) is 2.32. The van der Waals surface area contributed by atoms with E-state index >= 15 is 0 Å². The zero-order chi connectivity index (χ0) is 9.40. The molecule has 0 bridgehead atoms. The Morgan fingerprint density at radius 1 is 1.33 bits per heavy atom. The summed E-state index contributed by atoms with van der Waals surface area (Å²) in [6.45, 7) is 8.42. The SMILES string of the molecule is CCOC(C)C(C)CCCNC. The van der Waals surface area contributed by atoms with Crippen LogP contribution >= 0.6 is 0 Å². The number of ether oxygens (including phenoxy) is 1. The number of hydrogen-bond acceptors (Lipinski definition) is 2. The molecule has 2 atom stereocenters. The Kier molecular flexibility index (Phi) is 7.51. The molecule has 0 amide bonds. The molecule has 0 aliphatic heterocycles. The van der Waals surface area contributed by atoms with Gasteiger partial charge in [0.2, 0.25) is 0 Å². The van der Waals surface area contributed by atoms with Crippen LogP contribution in [-0.4, -0.2) is 26.3 Å². The van der Waals surface area contributed by atoms with Crippen LogP contribution in [0.5, 0.6) is 0 Å². The van der Waals surface area contributed by atoms with Crippen LogP contribution in [0.15, 0.2) is 0 Å². The second-order valence-corrected chi connectivity index (χ2v) is 3.38. The van der Waals surface area contributed by atoms with E-state index in [0.29, 0.717) is 12.0 Å². The van der Waals surface area contributed by atoms with E-state index in [2.05, 4.69) is 26.1 Å². The second kappa shape index (κ2) is 7.56. The first-order chi connectivity index (χ1) is 5.72. The minimum atomic E-state index is 0.409. The number of nitrogens with one attached hydrogen (secondary N) is 1. The minimum Gasteiger partial charge on any atom is -0.379 e. The van der Waals surface area contributed by atoms with Gasteiger partial charge in [0.25, 0.3) is 0 Å². The predicted molar refractivity (Wildman–Crippen MR) is 53.4 cm³/mol. The molecule has 2 unspecified atom stereocenters. The van der Waals surface area contributed by atoms with Crippen molar-refractivity contribution >= 4 is 0 Å². The summed E-state index contributed by atoms with van der Waals surface area (Å²) in [6.07, 6.45) is 2.91. The largest absolute Gasteiger partial charge is 0.379 e. The summed E-state index contributed by atoms with van der Waals surface area (Å²) in [6, 6.07) is 0. The van der Waals surface area contributed by atoms with E-state index in [9.17, 15) is 0 Å². The van der Waals surface area contributed by atoms with Gasteiger partial charge in [-0.15, -0.1) is 0 Å². The van der Waals surface area contributed by atoms with Crippen molar-refractivity contribution in [2.75, 3.05) is 20.2 Å². The first-order valence-corrected chi connectivity index (χ1v) is 4.98. The third kappa shape index (κ3) is 5.56. The highest BCUT2D eigenvalue weighted by Gasteiger charge is 2.10. The van der Waals surface area contributed by atoms with E-state index in [1.807, 2.05) is 7.05 Å². The third-order valence-electron chi connectivity index (χ3n) is 2.32. The lowest BCUT2D eigenvalue weighted by atomic mass is 10.0. The van der Waals surface area contributed by atoms with Crippen molar-refractivity contribution in [2.45, 2.75) is 39.7 Å². The number of rotatable bonds is 7. The van der Waals surface area contributed by atoms with Gasteiger partial charge in [0.1, 0.15) is 0 Å². The molecule has 0 spiro atoms. The molecule has 74 valence electrons. The average Bonchev–Trinajstić information content (AvgIpc) is 2.05. The number of hydrogen-bond donors (Lipinski definition) is 1. The van der Waals surface area contributed by atoms with Crippen LogP contribution in [0.2, 0.25) is 0 Å². The summed E-state index contributed by atoms with van der Waals surface area (Å²) in [7, 11) is 2.00. The fraction of sp³-hybridized carbons (Fsp3) is 1.00. The molecule has 0 aromatic rings. The van der Waals surface area contributed by atoms with Crippen LogP contribution in [0.4, 0.5) is 0 Å². The Morgan fingerprint density at radius 3 is 2.50 bits per heavy atom. The Labute approximate surface area is 76.7 Å². The maximum Gasteiger partial charge on any atom is 0.0572 e. The molecule has 0 radical (unpaired) electrons. The zero-order valence-electron chi connectivity index (χ0n) is 8.89. The minimum absolute atomic E-state index is 0.409. The Hall–Kier alpha value is -0.0800. The van der Waals surface area contributed by atoms with Crippen molar-refractivity contribution in [3.63, 3.8) is 0 Å². The molecule has 2 heteroatoms. The van der Waals surface area contributed by atoms with Gasteiger partial charge in [-0.3, -0.25) is 0 Å². The quantitative estimate of drug-likeness (QED) is 0.595. The summed E-state index contributed by atoms with van der Waals surface area (Å²) >= 11 is 0. The van der Waals surface area contributed by atoms with E-state index < -0.39 is 0 Å². The highest BCUT2D eigenvalue weighted by atomic mass is 16.5. The van der Waals surface area contributed by atoms with E-state index in [1.165, 1.54) is 12.8 Å². The molecule has 0 aliphatic carbocycles. The predicted octanol–water partition coefficient (Wildman–Crippen LogP) is 2.05. The average molecular weight is 173 g/mol. The van der Waals surface area contributed by atoms with E-state index in [1.54, 1.807) is 0 Å². The molecule has 0 saturated heterocycles. The van der Waals surface area contributed by atoms with Gasteiger partial charge in [0.15, 0.2) is 0 Å². The molecule has 0 saturated carbocycles. The fourth-order valence-electron chi connectivity index (χ4n) is 1.26. The lowest BCUT2D eigenvalue weighted by Gasteiger charge is -2.19. The van der Waals surface area contributed by atoms with Crippen LogP contribution in [0, 0.1) is 5.92 Å². The molecule has 0 fully saturated rings. The molecule has 0 aliphatic rings. The van der Waals surface area contributed by atoms with Crippen molar-refractivity contribution in [1.29, 1.82) is 0 Å². The molecule has 0 heterocycles. The highest BCUT2D eigenvalue weighted by Crippen LogP contribution is 2.12. The molecule has 2 nitrogen and oxygen atoms in total. The normalized spacial score (nSPS) is 16.0. The van der Waals surface area contributed by atoms with Crippen LogP contribution in [-0.2, 0) is 4.74 Å². The zero-order valence-corrected chi connectivity index (χ0v) is 8.89. The van der Waals surface area contributed by atoms with Gasteiger partial charge >= 0.3 is 0 Å². The first kappa shape index (κ1) is 11.9. The molecule has 0 aromatic carbocycles. The molecular formula is C10H23NO. The summed E-state index contributed by atoms with van der Waals surface area (Å²) in [4.78, 5) is 0. The Balaban J connectivity index is 3.35. The van der Waals surface area contributed by atoms with E-state index in [-0.39, 0.29) is 0 Å². The summed E-state index contributed by atoms with van der Waals surface area (Å²) in [5.41, 5.74) is 0. The highest BCUT2D eigenvalue weighted by molar-refractivity contribution is 4.61. The van der Waals surface area contributed by atoms with Gasteiger partial charge in [-0.05, 0) is 46.2 Å². The van der Waals surface area contributed by atoms with Crippen LogP contribution in [0.3, 0.4) is 0 Å². The van der Waals surface area contributed by atoms with E-state index in [4.69, 9.17) is 4.74 Å². The van der Waals surface area contributed by atoms with Crippen molar-refractivity contribution in [3.05, 3.63) is 0 Å². The van der Waals surface area contributed by atoms with Gasteiger partial charge in [0.05, 0.1) is 6.10 Å². The topological polar surface area (TPSA) is 21.3 Å². The van der Waals surface area contributed by atoms with Crippen LogP contribution < -0.4 is 5.32 Å². The van der Waals surface area contributed by atoms with Gasteiger partial charge in [-0.1, -0.05) is 6.92 Å². The summed E-state index contributed by atoms with van der Waals surface area (Å²) in [5.74, 6) is 0.679. The van der Waals surface area contributed by atoms with Crippen molar-refractivity contribution in [3.8, 4) is 0 Å². The van der Waals surface area contributed by atoms with Gasteiger partial charge in [-0.25, -0.2) is 0 Å². The Morgan fingerprint density at radius 2 is 2.00 bits per heavy atom. The Bertz CT molecular complexity index is 95.8. The van der Waals surface area contributed by atoms with Crippen molar-refractivity contribution in [2.24, 2.45) is 5.92 Å². The lowest BCUT2D eigenvalue weighted by molar-refractivity contribution is 0.0356. The monoisotopic (exact) mass is 173 g/mol. The van der Waals surface area contributed by atoms with Gasteiger partial charge in [0, 0.05) is 6.61 Å². The maximum atomic E-state index is 5.51. The lowest BCUT2D eigenvalue weighted by Crippen LogP contribution is -2.19. The van der Waals surface area contributed by atoms with Gasteiger partial charge in [-0.2, -0.15) is 0 Å². The van der Waals surface area contributed by atoms with Crippen LogP contribution in [0.25, 0.3) is 0 Å². The summed E-state index contributed by atoms with van der Waals surface area (Å²) in [5, 5.41) is 3.15. The molecule has 0 rings (SSSR count). The standard InChI is InChI=1S/C10H23NO/c1-5-12-10(3)9(2)7-6-8-11-4/h9-11H,5-8H2,1-4H3. The summed E-state index contributed by atoms with van der Waals surface area (Å²) < 4.78 is 5.51.